The zero-order valence-electron chi connectivity index (χ0n) is 48.8. The van der Waals surface area contributed by atoms with E-state index in [1.165, 1.54) is 263 Å². The summed E-state index contributed by atoms with van der Waals surface area (Å²) >= 11 is 0. The zero-order valence-corrected chi connectivity index (χ0v) is 48.8. The zero-order chi connectivity index (χ0) is 52.7. The molecule has 0 fully saturated rings. The molecule has 0 N–H and O–H groups in total. The summed E-state index contributed by atoms with van der Waals surface area (Å²) in [5, 5.41) is 11.8. The molecule has 0 aliphatic rings. The van der Waals surface area contributed by atoms with Gasteiger partial charge in [-0.05, 0) is 12.8 Å². The topological polar surface area (TPSA) is 111 Å². The number of rotatable bonds is 60. The third kappa shape index (κ3) is 56.0. The van der Waals surface area contributed by atoms with Crippen LogP contribution in [-0.2, 0) is 33.3 Å². The van der Waals surface area contributed by atoms with Gasteiger partial charge in [-0.1, -0.05) is 303 Å². The largest absolute Gasteiger partial charge is 0.545 e. The van der Waals surface area contributed by atoms with Gasteiger partial charge in [0, 0.05) is 12.8 Å². The summed E-state index contributed by atoms with van der Waals surface area (Å²) in [4.78, 5) is 37.3. The number of carbonyl (C=O) groups excluding carboxylic acids is 3. The van der Waals surface area contributed by atoms with Crippen molar-refractivity contribution in [2.24, 2.45) is 0 Å². The van der Waals surface area contributed by atoms with E-state index in [-0.39, 0.29) is 32.2 Å². The number of carbonyl (C=O) groups is 3. The minimum absolute atomic E-state index is 0.153. The van der Waals surface area contributed by atoms with E-state index in [2.05, 4.69) is 13.8 Å². The molecule has 0 saturated carbocycles. The van der Waals surface area contributed by atoms with E-state index in [1.807, 2.05) is 21.1 Å². The Morgan fingerprint density at radius 2 is 0.625 bits per heavy atom. The highest BCUT2D eigenvalue weighted by atomic mass is 16.7. The first kappa shape index (κ1) is 70.3. The monoisotopic (exact) mass is 1020 g/mol. The summed E-state index contributed by atoms with van der Waals surface area (Å²) in [5.74, 6) is -2.25. The molecule has 428 valence electrons. The number of esters is 2. The lowest BCUT2D eigenvalue weighted by Crippen LogP contribution is -2.44. The Balaban J connectivity index is 4.08. The van der Waals surface area contributed by atoms with Crippen molar-refractivity contribution < 1.29 is 42.9 Å². The van der Waals surface area contributed by atoms with Crippen LogP contribution >= 0.6 is 0 Å². The molecule has 0 amide bonds. The SMILES string of the molecule is CCCCCCCCCCCCCCCCCCCCCCCCCCCCCCCC(=O)OC(COC(=O)CCCCCCCCCCCCCCCCCCCC)COC(OCC[N+](C)(C)C)C(=O)[O-]. The fourth-order valence-corrected chi connectivity index (χ4v) is 9.72. The maximum absolute atomic E-state index is 12.9. The summed E-state index contributed by atoms with van der Waals surface area (Å²) in [6.07, 6.45) is 60.3. The molecule has 9 nitrogen and oxygen atoms in total. The lowest BCUT2D eigenvalue weighted by Gasteiger charge is -2.26. The Hall–Kier alpha value is -1.71. The molecule has 0 saturated heterocycles. The number of hydrogen-bond donors (Lipinski definition) is 0. The normalized spacial score (nSPS) is 12.6. The molecule has 0 spiro atoms. The third-order valence-electron chi connectivity index (χ3n) is 14.6. The number of ether oxygens (including phenoxy) is 4. The van der Waals surface area contributed by atoms with Gasteiger partial charge in [0.05, 0.1) is 40.3 Å². The molecule has 0 rings (SSSR count). The van der Waals surface area contributed by atoms with E-state index in [0.29, 0.717) is 17.4 Å². The van der Waals surface area contributed by atoms with Gasteiger partial charge in [0.25, 0.3) is 0 Å². The van der Waals surface area contributed by atoms with Crippen LogP contribution in [0.4, 0.5) is 0 Å². The highest BCUT2D eigenvalue weighted by Crippen LogP contribution is 2.19. The predicted molar refractivity (Wildman–Crippen MR) is 302 cm³/mol. The van der Waals surface area contributed by atoms with Crippen molar-refractivity contribution in [2.75, 3.05) is 47.5 Å². The van der Waals surface area contributed by atoms with Gasteiger partial charge < -0.3 is 33.3 Å². The number of nitrogens with zero attached hydrogens (tertiary/aromatic N) is 1. The Bertz CT molecular complexity index is 1140. The Morgan fingerprint density at radius 1 is 0.361 bits per heavy atom. The first-order valence-electron chi connectivity index (χ1n) is 31.7. The lowest BCUT2D eigenvalue weighted by atomic mass is 10.0. The van der Waals surface area contributed by atoms with Crippen molar-refractivity contribution in [3.63, 3.8) is 0 Å². The molecule has 0 aromatic rings. The highest BCUT2D eigenvalue weighted by Gasteiger charge is 2.22. The molecule has 0 aliphatic carbocycles. The van der Waals surface area contributed by atoms with Crippen LogP contribution in [0.1, 0.15) is 328 Å². The van der Waals surface area contributed by atoms with Crippen molar-refractivity contribution in [1.29, 1.82) is 0 Å². The van der Waals surface area contributed by atoms with Gasteiger partial charge in [-0.15, -0.1) is 0 Å². The molecule has 72 heavy (non-hydrogen) atoms. The van der Waals surface area contributed by atoms with Crippen molar-refractivity contribution in [3.8, 4) is 0 Å². The predicted octanol–water partition coefficient (Wildman–Crippen LogP) is 17.4. The van der Waals surface area contributed by atoms with Crippen molar-refractivity contribution in [1.82, 2.24) is 0 Å². The van der Waals surface area contributed by atoms with Crippen molar-refractivity contribution in [3.05, 3.63) is 0 Å². The number of quaternary nitrogens is 1. The van der Waals surface area contributed by atoms with Crippen LogP contribution in [-0.4, -0.2) is 82.3 Å². The highest BCUT2D eigenvalue weighted by molar-refractivity contribution is 5.70. The molecule has 0 aromatic carbocycles. The molecule has 9 heteroatoms. The van der Waals surface area contributed by atoms with Crippen LogP contribution in [0, 0.1) is 0 Å². The summed E-state index contributed by atoms with van der Waals surface area (Å²) in [6, 6.07) is 0. The number of carboxylic acid groups (broad SMARTS) is 1. The second kappa shape index (κ2) is 55.5. The van der Waals surface area contributed by atoms with Crippen LogP contribution in [0.3, 0.4) is 0 Å². The Kier molecular flexibility index (Phi) is 54.2. The molecule has 0 heterocycles. The van der Waals surface area contributed by atoms with Gasteiger partial charge in [-0.3, -0.25) is 9.59 Å². The van der Waals surface area contributed by atoms with Gasteiger partial charge in [-0.25, -0.2) is 0 Å². The fourth-order valence-electron chi connectivity index (χ4n) is 9.72. The van der Waals surface area contributed by atoms with Crippen LogP contribution in [0.25, 0.3) is 0 Å². The van der Waals surface area contributed by atoms with Crippen LogP contribution in [0.15, 0.2) is 0 Å². The molecule has 0 aliphatic heterocycles. The Labute approximate surface area is 447 Å². The van der Waals surface area contributed by atoms with E-state index in [1.54, 1.807) is 0 Å². The van der Waals surface area contributed by atoms with E-state index >= 15 is 0 Å². The average Bonchev–Trinajstić information content (AvgIpc) is 3.35. The van der Waals surface area contributed by atoms with Crippen molar-refractivity contribution >= 4 is 17.9 Å². The van der Waals surface area contributed by atoms with Crippen LogP contribution in [0.5, 0.6) is 0 Å². The van der Waals surface area contributed by atoms with E-state index in [0.717, 1.165) is 38.5 Å². The molecule has 0 radical (unpaired) electrons. The van der Waals surface area contributed by atoms with Crippen LogP contribution < -0.4 is 5.11 Å². The molecular weight excluding hydrogens is 899 g/mol. The average molecular weight is 1020 g/mol. The second-order valence-corrected chi connectivity index (χ2v) is 23.1. The third-order valence-corrected chi connectivity index (χ3v) is 14.6. The minimum atomic E-state index is -1.61. The van der Waals surface area contributed by atoms with Crippen LogP contribution in [0.2, 0.25) is 0 Å². The molecule has 0 aromatic heterocycles. The summed E-state index contributed by atoms with van der Waals surface area (Å²) in [7, 11) is 5.94. The van der Waals surface area contributed by atoms with Crippen molar-refractivity contribution in [2.45, 2.75) is 341 Å². The fraction of sp³-hybridized carbons (Fsp3) is 0.952. The summed E-state index contributed by atoms with van der Waals surface area (Å²) in [6.45, 7) is 4.83. The van der Waals surface area contributed by atoms with Gasteiger partial charge in [0.2, 0.25) is 0 Å². The van der Waals surface area contributed by atoms with Gasteiger partial charge in [0.15, 0.2) is 12.4 Å². The number of unbranched alkanes of at least 4 members (excludes halogenated alkanes) is 45. The van der Waals surface area contributed by atoms with Gasteiger partial charge in [0.1, 0.15) is 13.2 Å². The quantitative estimate of drug-likeness (QED) is 0.0256. The second-order valence-electron chi connectivity index (χ2n) is 23.1. The molecule has 2 atom stereocenters. The number of carboxylic acids is 1. The molecule has 0 bridgehead atoms. The standard InChI is InChI=1S/C63H123NO8/c1-6-8-10-12-14-16-18-20-22-24-26-27-28-29-30-31-32-33-34-35-36-38-40-42-44-46-48-50-52-54-61(66)72-59(58-71-63(62(67)68)69-56-55-64(3,4)5)57-70-60(65)53-51-49-47-45-43-41-39-37-25-23-21-19-17-15-13-11-9-7-2/h59,63H,6-58H2,1-5H3. The number of hydrogen-bond acceptors (Lipinski definition) is 8. The number of likely N-dealkylation sites (N-methyl/N-ethyl adjacent to an activating group) is 1. The maximum atomic E-state index is 12.9. The molecular formula is C63H123NO8. The first-order valence-corrected chi connectivity index (χ1v) is 31.7. The Morgan fingerprint density at radius 3 is 0.889 bits per heavy atom. The smallest absolute Gasteiger partial charge is 0.306 e. The van der Waals surface area contributed by atoms with Gasteiger partial charge in [-0.2, -0.15) is 0 Å². The summed E-state index contributed by atoms with van der Waals surface area (Å²) in [5.41, 5.74) is 0. The summed E-state index contributed by atoms with van der Waals surface area (Å²) < 4.78 is 22.8. The van der Waals surface area contributed by atoms with E-state index < -0.39 is 24.3 Å². The first-order chi connectivity index (χ1) is 35.1. The van der Waals surface area contributed by atoms with E-state index in [4.69, 9.17) is 18.9 Å². The van der Waals surface area contributed by atoms with E-state index in [9.17, 15) is 19.5 Å². The van der Waals surface area contributed by atoms with Gasteiger partial charge >= 0.3 is 11.9 Å². The maximum Gasteiger partial charge on any atom is 0.306 e. The number of aliphatic carboxylic acids is 1. The lowest BCUT2D eigenvalue weighted by molar-refractivity contribution is -0.870. The molecule has 2 unspecified atom stereocenters. The minimum Gasteiger partial charge on any atom is -0.545 e.